The highest BCUT2D eigenvalue weighted by Crippen LogP contribution is 2.30. The molecule has 27 heavy (non-hydrogen) atoms. The van der Waals surface area contributed by atoms with Crippen LogP contribution in [-0.4, -0.2) is 48.1 Å². The van der Waals surface area contributed by atoms with E-state index in [9.17, 15) is 4.79 Å². The minimum Gasteiger partial charge on any atom is -0.497 e. The molecule has 6 heteroatoms. The molecule has 1 aliphatic rings. The highest BCUT2D eigenvalue weighted by atomic mass is 16.5. The van der Waals surface area contributed by atoms with Gasteiger partial charge in [0.25, 0.3) is 5.91 Å². The van der Waals surface area contributed by atoms with E-state index in [1.165, 1.54) is 0 Å². The first-order chi connectivity index (χ1) is 13.0. The summed E-state index contributed by atoms with van der Waals surface area (Å²) in [5, 5.41) is 0. The minimum absolute atomic E-state index is 0.0876. The predicted octanol–water partition coefficient (Wildman–Crippen LogP) is 3.27. The predicted molar refractivity (Wildman–Crippen MR) is 103 cm³/mol. The minimum atomic E-state index is 0.0876. The smallest absolute Gasteiger partial charge is 0.254 e. The molecule has 6 nitrogen and oxygen atoms in total. The third kappa shape index (κ3) is 4.27. The van der Waals surface area contributed by atoms with Gasteiger partial charge in [-0.3, -0.25) is 4.79 Å². The molecule has 0 aliphatic carbocycles. The van der Waals surface area contributed by atoms with Crippen molar-refractivity contribution in [3.63, 3.8) is 0 Å². The van der Waals surface area contributed by atoms with E-state index in [0.29, 0.717) is 12.5 Å². The molecule has 2 heterocycles. The van der Waals surface area contributed by atoms with Crippen LogP contribution in [0.3, 0.4) is 0 Å². The maximum Gasteiger partial charge on any atom is 0.254 e. The molecular weight excluding hydrogens is 342 g/mol. The summed E-state index contributed by atoms with van der Waals surface area (Å²) in [5.41, 5.74) is 3.79. The zero-order valence-corrected chi connectivity index (χ0v) is 16.5. The second-order valence-electron chi connectivity index (χ2n) is 7.01. The summed E-state index contributed by atoms with van der Waals surface area (Å²) in [6.45, 7) is 5.82. The molecule has 0 atom stereocenters. The zero-order chi connectivity index (χ0) is 19.4. The number of nitrogens with zero attached hydrogens (tertiary/aromatic N) is 3. The molecule has 2 aromatic rings. The number of rotatable bonds is 5. The van der Waals surface area contributed by atoms with Gasteiger partial charge in [0.05, 0.1) is 19.4 Å². The van der Waals surface area contributed by atoms with Gasteiger partial charge in [-0.1, -0.05) is 0 Å². The highest BCUT2D eigenvalue weighted by Gasteiger charge is 2.27. The number of aromatic nitrogens is 2. The van der Waals surface area contributed by atoms with Gasteiger partial charge >= 0.3 is 0 Å². The summed E-state index contributed by atoms with van der Waals surface area (Å²) >= 11 is 0. The van der Waals surface area contributed by atoms with Crippen LogP contribution in [0.4, 0.5) is 0 Å². The molecule has 1 aliphatic heterocycles. The Bertz CT molecular complexity index is 814. The maximum absolute atomic E-state index is 12.9. The van der Waals surface area contributed by atoms with Gasteiger partial charge in [0.15, 0.2) is 0 Å². The number of ether oxygens (including phenoxy) is 2. The standard InChI is InChI=1S/C21H27N3O3/c1-14-11-18(27-4)5-6-19(14)21(25)24-9-7-16(8-10-24)20-17(13-26-3)12-22-15(2)23-20/h5-6,11-12,16H,7-10,13H2,1-4H3. The Balaban J connectivity index is 1.70. The first-order valence-electron chi connectivity index (χ1n) is 9.28. The van der Waals surface area contributed by atoms with E-state index in [4.69, 9.17) is 9.47 Å². The molecule has 1 aromatic carbocycles. The van der Waals surface area contributed by atoms with E-state index in [1.54, 1.807) is 14.2 Å². The lowest BCUT2D eigenvalue weighted by Crippen LogP contribution is -2.38. The molecule has 1 saturated heterocycles. The van der Waals surface area contributed by atoms with Crippen LogP contribution in [0.2, 0.25) is 0 Å². The SMILES string of the molecule is COCc1cnc(C)nc1C1CCN(C(=O)c2ccc(OC)cc2C)CC1. The first kappa shape index (κ1) is 19.3. The Hall–Kier alpha value is -2.47. The Kier molecular flexibility index (Phi) is 6.06. The lowest BCUT2D eigenvalue weighted by Gasteiger charge is -2.33. The van der Waals surface area contributed by atoms with Crippen LogP contribution in [-0.2, 0) is 11.3 Å². The van der Waals surface area contributed by atoms with Crippen molar-refractivity contribution in [3.8, 4) is 5.75 Å². The number of aryl methyl sites for hydroxylation is 2. The Morgan fingerprint density at radius 2 is 1.96 bits per heavy atom. The second kappa shape index (κ2) is 8.48. The average molecular weight is 369 g/mol. The summed E-state index contributed by atoms with van der Waals surface area (Å²) < 4.78 is 10.5. The normalized spacial score (nSPS) is 15.0. The van der Waals surface area contributed by atoms with Crippen molar-refractivity contribution in [1.29, 1.82) is 0 Å². The molecular formula is C21H27N3O3. The Morgan fingerprint density at radius 3 is 2.59 bits per heavy atom. The molecule has 0 bridgehead atoms. The van der Waals surface area contributed by atoms with Crippen LogP contribution < -0.4 is 4.74 Å². The number of amides is 1. The van der Waals surface area contributed by atoms with Gasteiger partial charge in [0.1, 0.15) is 11.6 Å². The fourth-order valence-electron chi connectivity index (χ4n) is 3.66. The number of carbonyl (C=O) groups excluding carboxylic acids is 1. The van der Waals surface area contributed by atoms with Crippen molar-refractivity contribution >= 4 is 5.91 Å². The van der Waals surface area contributed by atoms with Crippen LogP contribution in [0.5, 0.6) is 5.75 Å². The average Bonchev–Trinajstić information content (AvgIpc) is 2.69. The summed E-state index contributed by atoms with van der Waals surface area (Å²) in [5.74, 6) is 1.97. The molecule has 1 amide bonds. The van der Waals surface area contributed by atoms with Gasteiger partial charge in [-0.15, -0.1) is 0 Å². The summed E-state index contributed by atoms with van der Waals surface area (Å²) in [6.07, 6.45) is 3.65. The number of piperidine rings is 1. The number of likely N-dealkylation sites (tertiary alicyclic amines) is 1. The van der Waals surface area contributed by atoms with E-state index < -0.39 is 0 Å². The fraction of sp³-hybridized carbons (Fsp3) is 0.476. The monoisotopic (exact) mass is 369 g/mol. The van der Waals surface area contributed by atoms with Crippen LogP contribution >= 0.6 is 0 Å². The first-order valence-corrected chi connectivity index (χ1v) is 9.28. The molecule has 0 spiro atoms. The molecule has 3 rings (SSSR count). The number of benzene rings is 1. The largest absolute Gasteiger partial charge is 0.497 e. The molecule has 0 N–H and O–H groups in total. The van der Waals surface area contributed by atoms with Gasteiger partial charge in [-0.25, -0.2) is 9.97 Å². The highest BCUT2D eigenvalue weighted by molar-refractivity contribution is 5.95. The van der Waals surface area contributed by atoms with E-state index >= 15 is 0 Å². The number of hydrogen-bond acceptors (Lipinski definition) is 5. The summed E-state index contributed by atoms with van der Waals surface area (Å²) in [7, 11) is 3.32. The second-order valence-corrected chi connectivity index (χ2v) is 7.01. The van der Waals surface area contributed by atoms with Crippen LogP contribution in [0.25, 0.3) is 0 Å². The molecule has 144 valence electrons. The van der Waals surface area contributed by atoms with Crippen LogP contribution in [0, 0.1) is 13.8 Å². The summed E-state index contributed by atoms with van der Waals surface area (Å²) in [4.78, 5) is 23.8. The summed E-state index contributed by atoms with van der Waals surface area (Å²) in [6, 6.07) is 5.60. The molecule has 1 aromatic heterocycles. The lowest BCUT2D eigenvalue weighted by molar-refractivity contribution is 0.0710. The number of carbonyl (C=O) groups is 1. The fourth-order valence-corrected chi connectivity index (χ4v) is 3.66. The van der Waals surface area contributed by atoms with Crippen LogP contribution in [0.1, 0.15) is 51.8 Å². The van der Waals surface area contributed by atoms with Crippen molar-refractivity contribution in [2.45, 2.75) is 39.2 Å². The number of methoxy groups -OCH3 is 2. The van der Waals surface area contributed by atoms with Crippen LogP contribution in [0.15, 0.2) is 24.4 Å². The third-order valence-electron chi connectivity index (χ3n) is 5.15. The maximum atomic E-state index is 12.9. The number of hydrogen-bond donors (Lipinski definition) is 0. The van der Waals surface area contributed by atoms with E-state index in [2.05, 4.69) is 9.97 Å². The zero-order valence-electron chi connectivity index (χ0n) is 16.5. The van der Waals surface area contributed by atoms with Crippen molar-refractivity contribution in [3.05, 3.63) is 52.6 Å². The Morgan fingerprint density at radius 1 is 1.22 bits per heavy atom. The van der Waals surface area contributed by atoms with Crippen molar-refractivity contribution < 1.29 is 14.3 Å². The molecule has 0 unspecified atom stereocenters. The van der Waals surface area contributed by atoms with Crippen molar-refractivity contribution in [2.24, 2.45) is 0 Å². The van der Waals surface area contributed by atoms with Gasteiger partial charge in [0.2, 0.25) is 0 Å². The lowest BCUT2D eigenvalue weighted by atomic mass is 9.90. The third-order valence-corrected chi connectivity index (χ3v) is 5.15. The van der Waals surface area contributed by atoms with Crippen molar-refractivity contribution in [2.75, 3.05) is 27.3 Å². The molecule has 0 saturated carbocycles. The topological polar surface area (TPSA) is 64.6 Å². The van der Waals surface area contributed by atoms with Gasteiger partial charge in [-0.2, -0.15) is 0 Å². The Labute approximate surface area is 160 Å². The molecule has 1 fully saturated rings. The van der Waals surface area contributed by atoms with Gasteiger partial charge < -0.3 is 14.4 Å². The molecule has 0 radical (unpaired) electrons. The van der Waals surface area contributed by atoms with E-state index in [1.807, 2.05) is 43.1 Å². The van der Waals surface area contributed by atoms with Gasteiger partial charge in [0, 0.05) is 43.4 Å². The van der Waals surface area contributed by atoms with E-state index in [-0.39, 0.29) is 5.91 Å². The quantitative estimate of drug-likeness (QED) is 0.809. The van der Waals surface area contributed by atoms with Gasteiger partial charge in [-0.05, 0) is 50.5 Å². The van der Waals surface area contributed by atoms with E-state index in [0.717, 1.165) is 59.9 Å². The van der Waals surface area contributed by atoms with Crippen molar-refractivity contribution in [1.82, 2.24) is 14.9 Å².